The molecule has 2 aromatic heterocycles. The van der Waals surface area contributed by atoms with Crippen LogP contribution in [0.25, 0.3) is 16.6 Å². The maximum atomic E-state index is 13.4. The third kappa shape index (κ3) is 3.53. The number of hydrogen-bond acceptors (Lipinski definition) is 6. The average Bonchev–Trinajstić information content (AvgIpc) is 3.17. The molecule has 2 aromatic carbocycles. The van der Waals surface area contributed by atoms with Gasteiger partial charge in [0, 0.05) is 43.3 Å². The Kier molecular flexibility index (Phi) is 5.15. The van der Waals surface area contributed by atoms with Crippen molar-refractivity contribution < 1.29 is 8.42 Å². The maximum Gasteiger partial charge on any atom is 0.243 e. The zero-order chi connectivity index (χ0) is 22.3. The van der Waals surface area contributed by atoms with E-state index in [4.69, 9.17) is 0 Å². The fraction of sp³-hybridized carbons (Fsp3) is 0.261. The number of fused-ring (bicyclic) bond motifs is 1. The van der Waals surface area contributed by atoms with Crippen molar-refractivity contribution in [3.05, 3.63) is 72.6 Å². The molecule has 1 saturated heterocycles. The van der Waals surface area contributed by atoms with Gasteiger partial charge in [-0.15, -0.1) is 0 Å². The van der Waals surface area contributed by atoms with Crippen molar-refractivity contribution in [3.8, 4) is 5.82 Å². The summed E-state index contributed by atoms with van der Waals surface area (Å²) in [5.41, 5.74) is 1.98. The zero-order valence-electron chi connectivity index (χ0n) is 18.0. The van der Waals surface area contributed by atoms with Gasteiger partial charge in [-0.3, -0.25) is 4.57 Å². The monoisotopic (exact) mass is 448 g/mol. The predicted molar refractivity (Wildman–Crippen MR) is 124 cm³/mol. The van der Waals surface area contributed by atoms with Gasteiger partial charge in [0.25, 0.3) is 0 Å². The summed E-state index contributed by atoms with van der Waals surface area (Å²) < 4.78 is 30.3. The van der Waals surface area contributed by atoms with Crippen LogP contribution < -0.4 is 4.90 Å². The molecule has 0 bridgehead atoms. The highest BCUT2D eigenvalue weighted by Gasteiger charge is 2.30. The number of rotatable bonds is 4. The number of imidazole rings is 1. The second-order valence-corrected chi connectivity index (χ2v) is 9.79. The first kappa shape index (κ1) is 20.6. The summed E-state index contributed by atoms with van der Waals surface area (Å²) >= 11 is 0. The van der Waals surface area contributed by atoms with E-state index in [1.807, 2.05) is 54.8 Å². The molecular formula is C23H24N6O2S. The smallest absolute Gasteiger partial charge is 0.243 e. The third-order valence-electron chi connectivity index (χ3n) is 6.07. The first-order valence-electron chi connectivity index (χ1n) is 10.5. The topological polar surface area (TPSA) is 84.2 Å². The van der Waals surface area contributed by atoms with Gasteiger partial charge in [-0.05, 0) is 25.3 Å². The van der Waals surface area contributed by atoms with Crippen LogP contribution in [0.3, 0.4) is 0 Å². The van der Waals surface area contributed by atoms with Crippen LogP contribution in [0.1, 0.15) is 11.4 Å². The Morgan fingerprint density at radius 3 is 2.31 bits per heavy atom. The molecule has 32 heavy (non-hydrogen) atoms. The molecule has 1 fully saturated rings. The highest BCUT2D eigenvalue weighted by Crippen LogP contribution is 2.27. The lowest BCUT2D eigenvalue weighted by Crippen LogP contribution is -2.49. The van der Waals surface area contributed by atoms with E-state index in [1.165, 1.54) is 0 Å². The van der Waals surface area contributed by atoms with Gasteiger partial charge in [0.1, 0.15) is 24.3 Å². The van der Waals surface area contributed by atoms with E-state index in [-0.39, 0.29) is 0 Å². The summed E-state index contributed by atoms with van der Waals surface area (Å²) in [6.45, 7) is 5.87. The Morgan fingerprint density at radius 2 is 1.56 bits per heavy atom. The van der Waals surface area contributed by atoms with Gasteiger partial charge in [-0.25, -0.2) is 23.4 Å². The molecule has 0 amide bonds. The molecular weight excluding hydrogens is 424 g/mol. The highest BCUT2D eigenvalue weighted by atomic mass is 32.2. The number of benzene rings is 2. The predicted octanol–water partition coefficient (Wildman–Crippen LogP) is 2.94. The van der Waals surface area contributed by atoms with Crippen LogP contribution in [0.2, 0.25) is 0 Å². The van der Waals surface area contributed by atoms with Gasteiger partial charge < -0.3 is 4.90 Å². The normalized spacial score (nSPS) is 15.4. The highest BCUT2D eigenvalue weighted by molar-refractivity contribution is 7.89. The molecule has 0 N–H and O–H groups in total. The first-order chi connectivity index (χ1) is 15.4. The van der Waals surface area contributed by atoms with Crippen molar-refractivity contribution in [2.45, 2.75) is 18.7 Å². The fourth-order valence-corrected chi connectivity index (χ4v) is 5.73. The van der Waals surface area contributed by atoms with Crippen LogP contribution >= 0.6 is 0 Å². The number of hydrogen-bond donors (Lipinski definition) is 0. The molecule has 0 atom stereocenters. The molecule has 0 saturated carbocycles. The van der Waals surface area contributed by atoms with Crippen LogP contribution in [-0.4, -0.2) is 58.4 Å². The number of anilines is 1. The quantitative estimate of drug-likeness (QED) is 0.477. The maximum absolute atomic E-state index is 13.4. The van der Waals surface area contributed by atoms with Crippen LogP contribution in [0.15, 0.2) is 66.1 Å². The lowest BCUT2D eigenvalue weighted by atomic mass is 10.1. The zero-order valence-corrected chi connectivity index (χ0v) is 18.8. The molecule has 5 rings (SSSR count). The van der Waals surface area contributed by atoms with Crippen molar-refractivity contribution in [2.24, 2.45) is 0 Å². The minimum absolute atomic E-state index is 0.360. The van der Waals surface area contributed by atoms with Crippen molar-refractivity contribution in [1.82, 2.24) is 23.8 Å². The lowest BCUT2D eigenvalue weighted by Gasteiger charge is -2.34. The molecule has 1 aliphatic rings. The summed E-state index contributed by atoms with van der Waals surface area (Å²) in [5, 5.41) is 1.68. The molecule has 9 heteroatoms. The molecule has 8 nitrogen and oxygen atoms in total. The Hall–Kier alpha value is -3.30. The average molecular weight is 449 g/mol. The van der Waals surface area contributed by atoms with E-state index in [2.05, 4.69) is 19.9 Å². The number of aromatic nitrogens is 4. The molecule has 164 valence electrons. The van der Waals surface area contributed by atoms with Gasteiger partial charge in [0.2, 0.25) is 10.0 Å². The SMILES string of the molecule is Cc1ncn(-c2cc(N3CCN(S(=O)(=O)c4cccc5ccccc45)CC3)ncn2)c1C. The van der Waals surface area contributed by atoms with Crippen molar-refractivity contribution in [2.75, 3.05) is 31.1 Å². The third-order valence-corrected chi connectivity index (χ3v) is 8.02. The van der Waals surface area contributed by atoms with Crippen LogP contribution in [0.5, 0.6) is 0 Å². The molecule has 0 unspecified atom stereocenters. The van der Waals surface area contributed by atoms with Gasteiger partial charge in [0.05, 0.1) is 10.6 Å². The van der Waals surface area contributed by atoms with Crippen molar-refractivity contribution >= 4 is 26.6 Å². The van der Waals surface area contributed by atoms with E-state index in [0.717, 1.165) is 33.8 Å². The Labute approximate surface area is 187 Å². The van der Waals surface area contributed by atoms with Crippen molar-refractivity contribution in [3.63, 3.8) is 0 Å². The number of sulfonamides is 1. The lowest BCUT2D eigenvalue weighted by molar-refractivity contribution is 0.384. The van der Waals surface area contributed by atoms with E-state index >= 15 is 0 Å². The number of nitrogens with zero attached hydrogens (tertiary/aromatic N) is 6. The Bertz CT molecular complexity index is 1390. The van der Waals surface area contributed by atoms with Gasteiger partial charge in [-0.2, -0.15) is 4.31 Å². The minimum Gasteiger partial charge on any atom is -0.354 e. The molecule has 0 spiro atoms. The molecule has 0 aliphatic carbocycles. The number of piperazine rings is 1. The van der Waals surface area contributed by atoms with E-state index in [1.54, 1.807) is 29.1 Å². The van der Waals surface area contributed by atoms with Gasteiger partial charge in [-0.1, -0.05) is 36.4 Å². The minimum atomic E-state index is -3.59. The number of aryl methyl sites for hydroxylation is 1. The standard InChI is InChI=1S/C23H24N6O2S/c1-17-18(2)29(16-26-17)23-14-22(24-15-25-23)27-10-12-28(13-11-27)32(30,31)21-9-5-7-19-6-3-4-8-20(19)21/h3-9,14-16H,10-13H2,1-2H3. The van der Waals surface area contributed by atoms with Gasteiger partial charge in [0.15, 0.2) is 0 Å². The van der Waals surface area contributed by atoms with Gasteiger partial charge >= 0.3 is 0 Å². The Balaban J connectivity index is 1.36. The van der Waals surface area contributed by atoms with E-state index in [9.17, 15) is 8.42 Å². The summed E-state index contributed by atoms with van der Waals surface area (Å²) in [6.07, 6.45) is 3.30. The summed E-state index contributed by atoms with van der Waals surface area (Å²) in [7, 11) is -3.59. The molecule has 4 aromatic rings. The molecule has 1 aliphatic heterocycles. The fourth-order valence-electron chi connectivity index (χ4n) is 4.09. The van der Waals surface area contributed by atoms with E-state index < -0.39 is 10.0 Å². The Morgan fingerprint density at radius 1 is 0.844 bits per heavy atom. The van der Waals surface area contributed by atoms with Crippen molar-refractivity contribution in [1.29, 1.82) is 0 Å². The largest absolute Gasteiger partial charge is 0.354 e. The molecule has 3 heterocycles. The van der Waals surface area contributed by atoms with Crippen LogP contribution in [-0.2, 0) is 10.0 Å². The van der Waals surface area contributed by atoms with E-state index in [0.29, 0.717) is 31.1 Å². The molecule has 0 radical (unpaired) electrons. The summed E-state index contributed by atoms with van der Waals surface area (Å²) in [4.78, 5) is 15.6. The van der Waals surface area contributed by atoms with Crippen LogP contribution in [0, 0.1) is 13.8 Å². The first-order valence-corrected chi connectivity index (χ1v) is 11.9. The summed E-state index contributed by atoms with van der Waals surface area (Å²) in [5.74, 6) is 1.53. The summed E-state index contributed by atoms with van der Waals surface area (Å²) in [6, 6.07) is 14.9. The second kappa shape index (κ2) is 7.99. The second-order valence-electron chi connectivity index (χ2n) is 7.89. The van der Waals surface area contributed by atoms with Crippen LogP contribution in [0.4, 0.5) is 5.82 Å².